The summed E-state index contributed by atoms with van der Waals surface area (Å²) in [4.78, 5) is 0. The number of benzene rings is 1. The fraction of sp³-hybridized carbons (Fsp3) is 0.529. The lowest BCUT2D eigenvalue weighted by atomic mass is 10.0. The Morgan fingerprint density at radius 3 is 2.95 bits per heavy atom. The molecule has 104 valence electrons. The molecule has 1 aromatic rings. The van der Waals surface area contributed by atoms with Crippen LogP contribution in [0.5, 0.6) is 0 Å². The van der Waals surface area contributed by atoms with Gasteiger partial charge in [0, 0.05) is 0 Å². The van der Waals surface area contributed by atoms with E-state index in [2.05, 4.69) is 49.5 Å². The molecule has 0 aromatic heterocycles. The lowest BCUT2D eigenvalue weighted by Crippen LogP contribution is -2.35. The SMILES string of the molecule is CCCNC(Cc1cccc(C)c1)C1=CCCCO1. The highest BCUT2D eigenvalue weighted by atomic mass is 16.5. The zero-order valence-electron chi connectivity index (χ0n) is 12.1. The number of allylic oxidation sites excluding steroid dienone is 1. The van der Waals surface area contributed by atoms with Gasteiger partial charge >= 0.3 is 0 Å². The maximum atomic E-state index is 5.84. The highest BCUT2D eigenvalue weighted by molar-refractivity contribution is 5.24. The standard InChI is InChI=1S/C17H25NO/c1-3-10-18-16(17-9-4-5-11-19-17)13-15-8-6-7-14(2)12-15/h6-9,12,16,18H,3-5,10-11,13H2,1-2H3. The van der Waals surface area contributed by atoms with Crippen LogP contribution >= 0.6 is 0 Å². The third kappa shape index (κ3) is 4.39. The maximum Gasteiger partial charge on any atom is 0.109 e. The van der Waals surface area contributed by atoms with E-state index in [-0.39, 0.29) is 0 Å². The molecule has 1 aromatic carbocycles. The van der Waals surface area contributed by atoms with E-state index in [0.717, 1.165) is 44.6 Å². The normalized spacial score (nSPS) is 16.6. The summed E-state index contributed by atoms with van der Waals surface area (Å²) in [6, 6.07) is 9.08. The van der Waals surface area contributed by atoms with Crippen LogP contribution in [0.15, 0.2) is 36.1 Å². The third-order valence-corrected chi connectivity index (χ3v) is 3.47. The second-order valence-corrected chi connectivity index (χ2v) is 5.30. The Kier molecular flexibility index (Phi) is 5.46. The first kappa shape index (κ1) is 14.1. The average molecular weight is 259 g/mol. The Morgan fingerprint density at radius 1 is 1.37 bits per heavy atom. The van der Waals surface area contributed by atoms with Crippen LogP contribution in [0.1, 0.15) is 37.3 Å². The van der Waals surface area contributed by atoms with Gasteiger partial charge in [-0.1, -0.05) is 36.8 Å². The van der Waals surface area contributed by atoms with Crippen molar-refractivity contribution in [2.24, 2.45) is 0 Å². The molecule has 0 saturated heterocycles. The molecule has 2 rings (SSSR count). The Hall–Kier alpha value is -1.28. The highest BCUT2D eigenvalue weighted by Crippen LogP contribution is 2.18. The van der Waals surface area contributed by atoms with E-state index in [1.807, 2.05) is 0 Å². The minimum Gasteiger partial charge on any atom is -0.497 e. The summed E-state index contributed by atoms with van der Waals surface area (Å²) < 4.78 is 5.84. The minimum absolute atomic E-state index is 0.321. The van der Waals surface area contributed by atoms with E-state index < -0.39 is 0 Å². The molecule has 0 radical (unpaired) electrons. The first-order valence-corrected chi connectivity index (χ1v) is 7.41. The Labute approximate surface area is 116 Å². The molecule has 0 aliphatic carbocycles. The van der Waals surface area contributed by atoms with Crippen LogP contribution < -0.4 is 5.32 Å². The summed E-state index contributed by atoms with van der Waals surface area (Å²) in [6.07, 6.45) is 6.71. The smallest absolute Gasteiger partial charge is 0.109 e. The zero-order valence-corrected chi connectivity index (χ0v) is 12.1. The van der Waals surface area contributed by atoms with Crippen LogP contribution in [0.4, 0.5) is 0 Å². The Morgan fingerprint density at radius 2 is 2.26 bits per heavy atom. The van der Waals surface area contributed by atoms with Crippen LogP contribution in [0.3, 0.4) is 0 Å². The molecule has 0 amide bonds. The van der Waals surface area contributed by atoms with Gasteiger partial charge in [0.2, 0.25) is 0 Å². The van der Waals surface area contributed by atoms with E-state index in [9.17, 15) is 0 Å². The van der Waals surface area contributed by atoms with Gasteiger partial charge in [-0.15, -0.1) is 0 Å². The van der Waals surface area contributed by atoms with Gasteiger partial charge in [0.1, 0.15) is 5.76 Å². The molecule has 2 nitrogen and oxygen atoms in total. The van der Waals surface area contributed by atoms with Crippen molar-refractivity contribution in [1.29, 1.82) is 0 Å². The molecule has 2 heteroatoms. The summed E-state index contributed by atoms with van der Waals surface area (Å²) in [7, 11) is 0. The number of hydrogen-bond donors (Lipinski definition) is 1. The van der Waals surface area contributed by atoms with Gasteiger partial charge in [-0.3, -0.25) is 0 Å². The number of aryl methyl sites for hydroxylation is 1. The van der Waals surface area contributed by atoms with Crippen molar-refractivity contribution in [3.8, 4) is 0 Å². The van der Waals surface area contributed by atoms with E-state index in [1.54, 1.807) is 0 Å². The van der Waals surface area contributed by atoms with Gasteiger partial charge in [0.05, 0.1) is 12.6 Å². The fourth-order valence-electron chi connectivity index (χ4n) is 2.49. The number of ether oxygens (including phenoxy) is 1. The van der Waals surface area contributed by atoms with Crippen molar-refractivity contribution in [3.63, 3.8) is 0 Å². The molecule has 1 aliphatic rings. The number of nitrogens with one attached hydrogen (secondary N) is 1. The molecule has 1 aliphatic heterocycles. The number of rotatable bonds is 6. The molecule has 0 fully saturated rings. The van der Waals surface area contributed by atoms with E-state index in [4.69, 9.17) is 4.74 Å². The molecule has 19 heavy (non-hydrogen) atoms. The molecular formula is C17H25NO. The molecule has 0 saturated carbocycles. The van der Waals surface area contributed by atoms with Crippen molar-refractivity contribution in [3.05, 3.63) is 47.2 Å². The van der Waals surface area contributed by atoms with Gasteiger partial charge in [-0.2, -0.15) is 0 Å². The number of hydrogen-bond acceptors (Lipinski definition) is 2. The van der Waals surface area contributed by atoms with Gasteiger partial charge in [0.25, 0.3) is 0 Å². The monoisotopic (exact) mass is 259 g/mol. The van der Waals surface area contributed by atoms with E-state index in [0.29, 0.717) is 6.04 Å². The first-order valence-electron chi connectivity index (χ1n) is 7.41. The average Bonchev–Trinajstić information content (AvgIpc) is 2.44. The molecule has 1 N–H and O–H groups in total. The van der Waals surface area contributed by atoms with Crippen LogP contribution in [0.25, 0.3) is 0 Å². The summed E-state index contributed by atoms with van der Waals surface area (Å²) in [5.74, 6) is 1.14. The van der Waals surface area contributed by atoms with Crippen LogP contribution in [-0.2, 0) is 11.2 Å². The topological polar surface area (TPSA) is 21.3 Å². The van der Waals surface area contributed by atoms with Crippen molar-refractivity contribution in [2.75, 3.05) is 13.2 Å². The summed E-state index contributed by atoms with van der Waals surface area (Å²) >= 11 is 0. The van der Waals surface area contributed by atoms with Gasteiger partial charge in [-0.25, -0.2) is 0 Å². The fourth-order valence-corrected chi connectivity index (χ4v) is 2.49. The minimum atomic E-state index is 0.321. The van der Waals surface area contributed by atoms with Crippen molar-refractivity contribution < 1.29 is 4.74 Å². The van der Waals surface area contributed by atoms with Gasteiger partial charge < -0.3 is 10.1 Å². The largest absolute Gasteiger partial charge is 0.497 e. The van der Waals surface area contributed by atoms with Gasteiger partial charge in [0.15, 0.2) is 0 Å². The molecule has 0 spiro atoms. The van der Waals surface area contributed by atoms with E-state index in [1.165, 1.54) is 11.1 Å². The van der Waals surface area contributed by atoms with Crippen molar-refractivity contribution >= 4 is 0 Å². The van der Waals surface area contributed by atoms with Crippen molar-refractivity contribution in [1.82, 2.24) is 5.32 Å². The molecule has 1 unspecified atom stereocenters. The van der Waals surface area contributed by atoms with E-state index >= 15 is 0 Å². The highest BCUT2D eigenvalue weighted by Gasteiger charge is 2.17. The van der Waals surface area contributed by atoms with Crippen LogP contribution in [0.2, 0.25) is 0 Å². The summed E-state index contributed by atoms with van der Waals surface area (Å²) in [5, 5.41) is 3.61. The Balaban J connectivity index is 2.06. The predicted molar refractivity (Wildman–Crippen MR) is 80.2 cm³/mol. The third-order valence-electron chi connectivity index (χ3n) is 3.47. The molecule has 1 atom stereocenters. The summed E-state index contributed by atoms with van der Waals surface area (Å²) in [5.41, 5.74) is 2.70. The molecular weight excluding hydrogens is 234 g/mol. The second kappa shape index (κ2) is 7.34. The van der Waals surface area contributed by atoms with Crippen LogP contribution in [-0.4, -0.2) is 19.2 Å². The summed E-state index contributed by atoms with van der Waals surface area (Å²) in [6.45, 7) is 6.25. The zero-order chi connectivity index (χ0) is 13.5. The second-order valence-electron chi connectivity index (χ2n) is 5.30. The predicted octanol–water partition coefficient (Wildman–Crippen LogP) is 3.60. The van der Waals surface area contributed by atoms with Crippen molar-refractivity contribution in [2.45, 2.75) is 45.6 Å². The lowest BCUT2D eigenvalue weighted by molar-refractivity contribution is 0.167. The molecule has 0 bridgehead atoms. The quantitative estimate of drug-likeness (QED) is 0.843. The molecule has 1 heterocycles. The van der Waals surface area contributed by atoms with Gasteiger partial charge in [-0.05, 0) is 50.8 Å². The van der Waals surface area contributed by atoms with Crippen LogP contribution in [0, 0.1) is 6.92 Å². The first-order chi connectivity index (χ1) is 9.29. The lowest BCUT2D eigenvalue weighted by Gasteiger charge is -2.25. The maximum absolute atomic E-state index is 5.84. The Bertz CT molecular complexity index is 425.